The SMILES string of the molecule is CCCc1c(Cl)ncnc1NCC1Cc2ccccc2O1. The summed E-state index contributed by atoms with van der Waals surface area (Å²) in [5, 5.41) is 3.89. The number of rotatable bonds is 5. The Morgan fingerprint density at radius 1 is 1.33 bits per heavy atom. The quantitative estimate of drug-likeness (QED) is 0.859. The molecule has 0 fully saturated rings. The van der Waals surface area contributed by atoms with E-state index in [0.717, 1.165) is 36.4 Å². The van der Waals surface area contributed by atoms with E-state index in [9.17, 15) is 0 Å². The van der Waals surface area contributed by atoms with E-state index in [1.807, 2.05) is 18.2 Å². The molecule has 0 bridgehead atoms. The van der Waals surface area contributed by atoms with Crippen LogP contribution in [-0.4, -0.2) is 22.6 Å². The first kappa shape index (κ1) is 14.1. The van der Waals surface area contributed by atoms with Gasteiger partial charge in [-0.2, -0.15) is 0 Å². The van der Waals surface area contributed by atoms with Crippen LogP contribution in [-0.2, 0) is 12.8 Å². The third-order valence-corrected chi connectivity index (χ3v) is 3.93. The molecular weight excluding hydrogens is 286 g/mol. The summed E-state index contributed by atoms with van der Waals surface area (Å²) in [7, 11) is 0. The molecule has 3 rings (SSSR count). The summed E-state index contributed by atoms with van der Waals surface area (Å²) in [5.41, 5.74) is 2.25. The number of halogens is 1. The molecule has 21 heavy (non-hydrogen) atoms. The average Bonchev–Trinajstić information content (AvgIpc) is 2.91. The van der Waals surface area contributed by atoms with Crippen LogP contribution in [0.15, 0.2) is 30.6 Å². The summed E-state index contributed by atoms with van der Waals surface area (Å²) in [6, 6.07) is 8.17. The number of hydrogen-bond acceptors (Lipinski definition) is 4. The number of ether oxygens (including phenoxy) is 1. The molecule has 1 aromatic heterocycles. The van der Waals surface area contributed by atoms with Crippen molar-refractivity contribution in [3.63, 3.8) is 0 Å². The van der Waals surface area contributed by atoms with Gasteiger partial charge in [0.25, 0.3) is 0 Å². The van der Waals surface area contributed by atoms with Crippen molar-refractivity contribution in [1.82, 2.24) is 9.97 Å². The summed E-state index contributed by atoms with van der Waals surface area (Å²) in [5.74, 6) is 1.80. The highest BCUT2D eigenvalue weighted by molar-refractivity contribution is 6.30. The van der Waals surface area contributed by atoms with Crippen molar-refractivity contribution in [3.05, 3.63) is 46.9 Å². The maximum Gasteiger partial charge on any atom is 0.137 e. The van der Waals surface area contributed by atoms with Crippen molar-refractivity contribution < 1.29 is 4.74 Å². The topological polar surface area (TPSA) is 47.0 Å². The average molecular weight is 304 g/mol. The fourth-order valence-corrected chi connectivity index (χ4v) is 2.82. The van der Waals surface area contributed by atoms with Crippen molar-refractivity contribution in [3.8, 4) is 5.75 Å². The maximum absolute atomic E-state index is 6.15. The van der Waals surface area contributed by atoms with Crippen LogP contribution in [0.3, 0.4) is 0 Å². The number of fused-ring (bicyclic) bond motifs is 1. The number of nitrogens with one attached hydrogen (secondary N) is 1. The molecule has 0 saturated carbocycles. The number of aromatic nitrogens is 2. The number of para-hydroxylation sites is 1. The van der Waals surface area contributed by atoms with Crippen LogP contribution in [0, 0.1) is 0 Å². The molecule has 2 heterocycles. The molecule has 1 aromatic carbocycles. The summed E-state index contributed by atoms with van der Waals surface area (Å²) in [6.07, 6.45) is 4.42. The second-order valence-corrected chi connectivity index (χ2v) is 5.53. The molecule has 0 aliphatic carbocycles. The number of hydrogen-bond donors (Lipinski definition) is 1. The fraction of sp³-hybridized carbons (Fsp3) is 0.375. The van der Waals surface area contributed by atoms with Gasteiger partial charge in [0.1, 0.15) is 29.2 Å². The lowest BCUT2D eigenvalue weighted by atomic mass is 10.1. The minimum atomic E-state index is 0.130. The highest BCUT2D eigenvalue weighted by Crippen LogP contribution is 2.28. The monoisotopic (exact) mass is 303 g/mol. The molecule has 5 heteroatoms. The van der Waals surface area contributed by atoms with Crippen LogP contribution in [0.4, 0.5) is 5.82 Å². The van der Waals surface area contributed by atoms with Crippen molar-refractivity contribution >= 4 is 17.4 Å². The molecule has 0 spiro atoms. The normalized spacial score (nSPS) is 16.4. The second-order valence-electron chi connectivity index (χ2n) is 5.17. The van der Waals surface area contributed by atoms with Crippen LogP contribution >= 0.6 is 11.6 Å². The zero-order valence-electron chi connectivity index (χ0n) is 12.0. The van der Waals surface area contributed by atoms with Gasteiger partial charge in [0.05, 0.1) is 6.54 Å². The van der Waals surface area contributed by atoms with E-state index in [1.54, 1.807) is 0 Å². The number of benzene rings is 1. The largest absolute Gasteiger partial charge is 0.488 e. The molecule has 1 aliphatic rings. The van der Waals surface area contributed by atoms with Gasteiger partial charge in [-0.25, -0.2) is 9.97 Å². The van der Waals surface area contributed by atoms with Crippen molar-refractivity contribution in [2.45, 2.75) is 32.3 Å². The van der Waals surface area contributed by atoms with Crippen LogP contribution in [0.5, 0.6) is 5.75 Å². The number of nitrogens with zero attached hydrogens (tertiary/aromatic N) is 2. The van der Waals surface area contributed by atoms with Gasteiger partial charge in [0, 0.05) is 12.0 Å². The Morgan fingerprint density at radius 3 is 3.00 bits per heavy atom. The Kier molecular flexibility index (Phi) is 4.25. The molecule has 1 aliphatic heterocycles. The van der Waals surface area contributed by atoms with Gasteiger partial charge >= 0.3 is 0 Å². The zero-order chi connectivity index (χ0) is 14.7. The van der Waals surface area contributed by atoms with E-state index in [0.29, 0.717) is 11.7 Å². The van der Waals surface area contributed by atoms with E-state index in [-0.39, 0.29) is 6.10 Å². The van der Waals surface area contributed by atoms with Gasteiger partial charge in [-0.3, -0.25) is 0 Å². The lowest BCUT2D eigenvalue weighted by Gasteiger charge is -2.15. The van der Waals surface area contributed by atoms with Crippen LogP contribution in [0.2, 0.25) is 5.15 Å². The molecule has 2 aromatic rings. The third-order valence-electron chi connectivity index (χ3n) is 3.60. The molecule has 1 N–H and O–H groups in total. The summed E-state index contributed by atoms with van der Waals surface area (Å²) in [4.78, 5) is 8.36. The van der Waals surface area contributed by atoms with Crippen LogP contribution in [0.25, 0.3) is 0 Å². The van der Waals surface area contributed by atoms with Gasteiger partial charge in [0.15, 0.2) is 0 Å². The summed E-state index contributed by atoms with van der Waals surface area (Å²) >= 11 is 6.15. The Balaban J connectivity index is 1.66. The Morgan fingerprint density at radius 2 is 2.19 bits per heavy atom. The highest BCUT2D eigenvalue weighted by atomic mass is 35.5. The number of anilines is 1. The van der Waals surface area contributed by atoms with Gasteiger partial charge in [-0.15, -0.1) is 0 Å². The zero-order valence-corrected chi connectivity index (χ0v) is 12.7. The highest BCUT2D eigenvalue weighted by Gasteiger charge is 2.22. The minimum Gasteiger partial charge on any atom is -0.488 e. The molecule has 4 nitrogen and oxygen atoms in total. The van der Waals surface area contributed by atoms with E-state index in [1.165, 1.54) is 11.9 Å². The van der Waals surface area contributed by atoms with Crippen LogP contribution in [0.1, 0.15) is 24.5 Å². The second kappa shape index (κ2) is 6.31. The smallest absolute Gasteiger partial charge is 0.137 e. The predicted octanol–water partition coefficient (Wildman–Crippen LogP) is 3.50. The third kappa shape index (κ3) is 3.10. The van der Waals surface area contributed by atoms with Gasteiger partial charge in [0.2, 0.25) is 0 Å². The predicted molar refractivity (Wildman–Crippen MR) is 84.1 cm³/mol. The van der Waals surface area contributed by atoms with E-state index < -0.39 is 0 Å². The van der Waals surface area contributed by atoms with Gasteiger partial charge < -0.3 is 10.1 Å². The van der Waals surface area contributed by atoms with Crippen molar-refractivity contribution in [2.75, 3.05) is 11.9 Å². The maximum atomic E-state index is 6.15. The Labute approximate surface area is 129 Å². The molecular formula is C16H18ClN3O. The molecule has 0 saturated heterocycles. The standard InChI is InChI=1S/C16H18ClN3O/c1-2-5-13-15(17)19-10-20-16(13)18-9-12-8-11-6-3-4-7-14(11)21-12/h3-4,6-7,10,12H,2,5,8-9H2,1H3,(H,18,19,20). The van der Waals surface area contributed by atoms with Gasteiger partial charge in [-0.1, -0.05) is 43.1 Å². The fourth-order valence-electron chi connectivity index (χ4n) is 2.59. The Bertz CT molecular complexity index is 608. The Hall–Kier alpha value is -1.81. The first-order valence-electron chi connectivity index (χ1n) is 7.25. The van der Waals surface area contributed by atoms with E-state index in [2.05, 4.69) is 28.3 Å². The first-order valence-corrected chi connectivity index (χ1v) is 7.63. The molecule has 110 valence electrons. The first-order chi connectivity index (χ1) is 10.3. The lowest BCUT2D eigenvalue weighted by Crippen LogP contribution is -2.25. The molecule has 1 unspecified atom stereocenters. The van der Waals surface area contributed by atoms with E-state index >= 15 is 0 Å². The van der Waals surface area contributed by atoms with Gasteiger partial charge in [-0.05, 0) is 18.1 Å². The lowest BCUT2D eigenvalue weighted by molar-refractivity contribution is 0.246. The van der Waals surface area contributed by atoms with Crippen LogP contribution < -0.4 is 10.1 Å². The molecule has 0 amide bonds. The van der Waals surface area contributed by atoms with Crippen molar-refractivity contribution in [1.29, 1.82) is 0 Å². The van der Waals surface area contributed by atoms with E-state index in [4.69, 9.17) is 16.3 Å². The van der Waals surface area contributed by atoms with Crippen molar-refractivity contribution in [2.24, 2.45) is 0 Å². The summed E-state index contributed by atoms with van der Waals surface area (Å²) in [6.45, 7) is 2.82. The molecule has 1 atom stereocenters. The minimum absolute atomic E-state index is 0.130. The molecule has 0 radical (unpaired) electrons. The summed E-state index contributed by atoms with van der Waals surface area (Å²) < 4.78 is 5.92.